The number of aromatic nitrogens is 2. The lowest BCUT2D eigenvalue weighted by Gasteiger charge is -2.28. The second kappa shape index (κ2) is 10.9. The van der Waals surface area contributed by atoms with E-state index in [9.17, 15) is 19.2 Å². The van der Waals surface area contributed by atoms with Crippen LogP contribution >= 0.6 is 27.5 Å². The zero-order valence-corrected chi connectivity index (χ0v) is 22.9. The highest BCUT2D eigenvalue weighted by molar-refractivity contribution is 9.10. The van der Waals surface area contributed by atoms with Crippen molar-refractivity contribution in [2.75, 3.05) is 6.54 Å². The lowest BCUT2D eigenvalue weighted by Crippen LogP contribution is -2.41. The molecule has 1 aliphatic heterocycles. The number of primary amides is 1. The van der Waals surface area contributed by atoms with Crippen LogP contribution in [-0.2, 0) is 19.6 Å². The van der Waals surface area contributed by atoms with Crippen molar-refractivity contribution < 1.29 is 14.4 Å². The monoisotopic (exact) mass is 607 g/mol. The molecule has 0 bridgehead atoms. The maximum Gasteiger partial charge on any atom is 0.333 e. The Bertz CT molecular complexity index is 1650. The third-order valence-electron chi connectivity index (χ3n) is 6.55. The molecular formula is C28H23BrClN5O4. The van der Waals surface area contributed by atoms with Gasteiger partial charge in [-0.15, -0.1) is 0 Å². The Hall–Kier alpha value is -4.15. The Labute approximate surface area is 236 Å². The first-order valence-electron chi connectivity index (χ1n) is 12.1. The van der Waals surface area contributed by atoms with Crippen molar-refractivity contribution in [1.29, 1.82) is 0 Å². The minimum atomic E-state index is -0.604. The van der Waals surface area contributed by atoms with Crippen molar-refractivity contribution in [3.63, 3.8) is 0 Å². The Balaban J connectivity index is 1.54. The summed E-state index contributed by atoms with van der Waals surface area (Å²) in [5, 5.41) is 3.30. The third kappa shape index (κ3) is 5.25. The maximum atomic E-state index is 13.6. The number of benzene rings is 3. The average Bonchev–Trinajstić information content (AvgIpc) is 3.25. The van der Waals surface area contributed by atoms with Gasteiger partial charge in [-0.3, -0.25) is 23.5 Å². The van der Waals surface area contributed by atoms with Crippen LogP contribution in [-0.4, -0.2) is 38.3 Å². The predicted octanol–water partition coefficient (Wildman–Crippen LogP) is 3.74. The number of nitrogens with two attached hydrogens (primary N) is 1. The van der Waals surface area contributed by atoms with Gasteiger partial charge in [0.2, 0.25) is 5.91 Å². The number of hydrogen-bond donors (Lipinski definition) is 2. The number of carbonyl (C=O) groups excluding carboxylic acids is 3. The van der Waals surface area contributed by atoms with Gasteiger partial charge in [0.15, 0.2) is 0 Å². The van der Waals surface area contributed by atoms with Gasteiger partial charge in [0.1, 0.15) is 5.69 Å². The molecule has 0 saturated carbocycles. The summed E-state index contributed by atoms with van der Waals surface area (Å²) in [7, 11) is 0. The second-order valence-corrected chi connectivity index (χ2v) is 10.3. The lowest BCUT2D eigenvalue weighted by atomic mass is 10.1. The van der Waals surface area contributed by atoms with Gasteiger partial charge in [-0.2, -0.15) is 0 Å². The standard InChI is InChI=1S/C28H23BrClN5O4/c29-21-11-8-19(14-22(21)30)27(38)33-12-13-34-23(16-33)24(26(37)32-15-17-4-2-1-3-5-17)35(28(34)39)20-9-6-18(7-10-20)25(31)36/h1-11,14H,12-13,15-16H2,(H2,31,36)(H,32,37). The molecular weight excluding hydrogens is 586 g/mol. The molecule has 2 heterocycles. The number of fused-ring (bicyclic) bond motifs is 1. The van der Waals surface area contributed by atoms with E-state index < -0.39 is 17.5 Å². The van der Waals surface area contributed by atoms with E-state index in [1.54, 1.807) is 35.2 Å². The molecule has 0 unspecified atom stereocenters. The highest BCUT2D eigenvalue weighted by atomic mass is 79.9. The van der Waals surface area contributed by atoms with Crippen molar-refractivity contribution in [1.82, 2.24) is 19.4 Å². The van der Waals surface area contributed by atoms with E-state index in [1.807, 2.05) is 30.3 Å². The number of rotatable bonds is 6. The van der Waals surface area contributed by atoms with E-state index in [2.05, 4.69) is 21.2 Å². The molecule has 0 saturated heterocycles. The SMILES string of the molecule is NC(=O)c1ccc(-n2c(C(=O)NCc3ccccc3)c3n(c2=O)CCN(C(=O)c2ccc(Br)c(Cl)c2)C3)cc1. The fraction of sp³-hybridized carbons (Fsp3) is 0.143. The van der Waals surface area contributed by atoms with Gasteiger partial charge in [0.25, 0.3) is 11.8 Å². The summed E-state index contributed by atoms with van der Waals surface area (Å²) in [6, 6.07) is 20.5. The molecule has 1 aromatic heterocycles. The molecule has 11 heteroatoms. The summed E-state index contributed by atoms with van der Waals surface area (Å²) in [4.78, 5) is 53.7. The first-order valence-corrected chi connectivity index (χ1v) is 13.2. The van der Waals surface area contributed by atoms with Crippen LogP contribution in [0.15, 0.2) is 82.1 Å². The highest BCUT2D eigenvalue weighted by Crippen LogP contribution is 2.26. The van der Waals surface area contributed by atoms with Crippen LogP contribution in [0, 0.1) is 0 Å². The number of halogens is 2. The second-order valence-electron chi connectivity index (χ2n) is 9.00. The Morgan fingerprint density at radius 2 is 1.64 bits per heavy atom. The highest BCUT2D eigenvalue weighted by Gasteiger charge is 2.32. The molecule has 198 valence electrons. The van der Waals surface area contributed by atoms with Crippen molar-refractivity contribution in [3.05, 3.63) is 121 Å². The Kier molecular flexibility index (Phi) is 7.40. The number of carbonyl (C=O) groups is 3. The number of amides is 3. The molecule has 0 radical (unpaired) electrons. The first-order chi connectivity index (χ1) is 18.7. The summed E-state index contributed by atoms with van der Waals surface area (Å²) in [5.74, 6) is -1.34. The van der Waals surface area contributed by atoms with E-state index in [0.29, 0.717) is 26.4 Å². The largest absolute Gasteiger partial charge is 0.366 e. The zero-order valence-electron chi connectivity index (χ0n) is 20.6. The summed E-state index contributed by atoms with van der Waals surface area (Å²) in [5.41, 5.74) is 7.44. The summed E-state index contributed by atoms with van der Waals surface area (Å²) in [6.07, 6.45) is 0. The minimum Gasteiger partial charge on any atom is -0.366 e. The Morgan fingerprint density at radius 1 is 0.949 bits per heavy atom. The number of nitrogens with zero attached hydrogens (tertiary/aromatic N) is 3. The van der Waals surface area contributed by atoms with E-state index in [4.69, 9.17) is 17.3 Å². The van der Waals surface area contributed by atoms with Crippen LogP contribution in [0.3, 0.4) is 0 Å². The minimum absolute atomic E-state index is 0.0439. The van der Waals surface area contributed by atoms with E-state index >= 15 is 0 Å². The third-order valence-corrected chi connectivity index (χ3v) is 7.79. The van der Waals surface area contributed by atoms with Crippen LogP contribution in [0.1, 0.15) is 42.5 Å². The lowest BCUT2D eigenvalue weighted by molar-refractivity contribution is 0.0706. The summed E-state index contributed by atoms with van der Waals surface area (Å²) < 4.78 is 3.49. The zero-order chi connectivity index (χ0) is 27.7. The van der Waals surface area contributed by atoms with E-state index in [1.165, 1.54) is 21.3 Å². The fourth-order valence-electron chi connectivity index (χ4n) is 4.55. The van der Waals surface area contributed by atoms with Gasteiger partial charge in [0, 0.05) is 35.2 Å². The maximum absolute atomic E-state index is 13.6. The number of hydrogen-bond acceptors (Lipinski definition) is 4. The molecule has 0 atom stereocenters. The van der Waals surface area contributed by atoms with Crippen LogP contribution in [0.2, 0.25) is 5.02 Å². The average molecular weight is 609 g/mol. The van der Waals surface area contributed by atoms with Gasteiger partial charge in [-0.25, -0.2) is 4.79 Å². The van der Waals surface area contributed by atoms with Crippen LogP contribution in [0.5, 0.6) is 0 Å². The predicted molar refractivity (Wildman–Crippen MR) is 150 cm³/mol. The van der Waals surface area contributed by atoms with Crippen molar-refractivity contribution in [2.45, 2.75) is 19.6 Å². The molecule has 0 spiro atoms. The van der Waals surface area contributed by atoms with Gasteiger partial charge in [-0.05, 0) is 64.0 Å². The normalized spacial score (nSPS) is 12.6. The Morgan fingerprint density at radius 3 is 2.31 bits per heavy atom. The van der Waals surface area contributed by atoms with E-state index in [-0.39, 0.29) is 43.3 Å². The molecule has 3 N–H and O–H groups in total. The molecule has 3 amide bonds. The molecule has 4 aromatic rings. The van der Waals surface area contributed by atoms with Crippen molar-refractivity contribution in [2.24, 2.45) is 5.73 Å². The molecule has 1 aliphatic rings. The summed E-state index contributed by atoms with van der Waals surface area (Å²) in [6.45, 7) is 0.770. The van der Waals surface area contributed by atoms with Gasteiger partial charge < -0.3 is 16.0 Å². The van der Waals surface area contributed by atoms with Gasteiger partial charge >= 0.3 is 5.69 Å². The molecule has 5 rings (SSSR count). The van der Waals surface area contributed by atoms with Crippen LogP contribution < -0.4 is 16.7 Å². The van der Waals surface area contributed by atoms with Crippen LogP contribution in [0.25, 0.3) is 5.69 Å². The first kappa shape index (κ1) is 26.5. The number of nitrogens with one attached hydrogen (secondary N) is 1. The van der Waals surface area contributed by atoms with Gasteiger partial charge in [0.05, 0.1) is 22.9 Å². The molecule has 0 fully saturated rings. The summed E-state index contributed by atoms with van der Waals surface area (Å²) >= 11 is 9.53. The molecule has 9 nitrogen and oxygen atoms in total. The van der Waals surface area contributed by atoms with Crippen LogP contribution in [0.4, 0.5) is 0 Å². The smallest absolute Gasteiger partial charge is 0.333 e. The number of imidazole rings is 1. The van der Waals surface area contributed by atoms with Crippen molar-refractivity contribution >= 4 is 45.3 Å². The fourth-order valence-corrected chi connectivity index (χ4v) is 4.98. The van der Waals surface area contributed by atoms with Gasteiger partial charge in [-0.1, -0.05) is 41.9 Å². The molecule has 0 aliphatic carbocycles. The molecule has 3 aromatic carbocycles. The van der Waals surface area contributed by atoms with Crippen molar-refractivity contribution in [3.8, 4) is 5.69 Å². The topological polar surface area (TPSA) is 119 Å². The molecule has 39 heavy (non-hydrogen) atoms. The van der Waals surface area contributed by atoms with E-state index in [0.717, 1.165) is 5.56 Å². The quantitative estimate of drug-likeness (QED) is 0.347.